The van der Waals surface area contributed by atoms with Crippen LogP contribution in [0, 0.1) is 18.6 Å². The summed E-state index contributed by atoms with van der Waals surface area (Å²) >= 11 is 0. The van der Waals surface area contributed by atoms with E-state index in [0.29, 0.717) is 5.56 Å². The van der Waals surface area contributed by atoms with Crippen LogP contribution in [0.15, 0.2) is 30.3 Å². The second-order valence-corrected chi connectivity index (χ2v) is 3.09. The van der Waals surface area contributed by atoms with Crippen molar-refractivity contribution in [2.75, 3.05) is 0 Å². The minimum Gasteiger partial charge on any atom is -0.207 e. The topological polar surface area (TPSA) is 0 Å². The molecule has 2 aromatic rings. The van der Waals surface area contributed by atoms with E-state index in [-0.39, 0.29) is 11.6 Å². The minimum atomic E-state index is -0.293. The number of halogens is 2. The Morgan fingerprint density at radius 1 is 0.923 bits per heavy atom. The number of rotatable bonds is 0. The normalized spacial score (nSPS) is 10.7. The largest absolute Gasteiger partial charge is 0.207 e. The average Bonchev–Trinajstić information content (AvgIpc) is 2.08. The van der Waals surface area contributed by atoms with Gasteiger partial charge in [0.1, 0.15) is 11.6 Å². The molecule has 0 spiro atoms. The van der Waals surface area contributed by atoms with Crippen molar-refractivity contribution in [3.63, 3.8) is 0 Å². The highest BCUT2D eigenvalue weighted by Crippen LogP contribution is 2.19. The Hall–Kier alpha value is -1.44. The molecule has 0 nitrogen and oxygen atoms in total. The fraction of sp³-hybridized carbons (Fsp3) is 0.0909. The van der Waals surface area contributed by atoms with Gasteiger partial charge in [-0.15, -0.1) is 0 Å². The van der Waals surface area contributed by atoms with Gasteiger partial charge in [-0.25, -0.2) is 8.78 Å². The van der Waals surface area contributed by atoms with Crippen LogP contribution >= 0.6 is 0 Å². The number of fused-ring (bicyclic) bond motifs is 1. The number of benzene rings is 2. The minimum absolute atomic E-state index is 0.251. The third-order valence-corrected chi connectivity index (χ3v) is 2.08. The molecule has 0 amide bonds. The molecule has 0 atom stereocenters. The zero-order chi connectivity index (χ0) is 9.42. The highest BCUT2D eigenvalue weighted by Gasteiger charge is 2.00. The van der Waals surface area contributed by atoms with Crippen LogP contribution in [0.25, 0.3) is 10.8 Å². The molecule has 0 unspecified atom stereocenters. The first-order chi connectivity index (χ1) is 6.16. The Labute approximate surface area is 74.8 Å². The Bertz CT molecular complexity index is 461. The maximum absolute atomic E-state index is 13.1. The standard InChI is InChI=1S/C11H8F2/c1-7-4-9-5-10(12)3-2-8(9)6-11(7)13/h2-6H,1H3. The molecule has 0 N–H and O–H groups in total. The fourth-order valence-electron chi connectivity index (χ4n) is 1.35. The molecule has 0 fully saturated rings. The molecule has 0 aliphatic rings. The zero-order valence-corrected chi connectivity index (χ0v) is 7.14. The highest BCUT2D eigenvalue weighted by atomic mass is 19.1. The van der Waals surface area contributed by atoms with Crippen molar-refractivity contribution in [1.82, 2.24) is 0 Å². The lowest BCUT2D eigenvalue weighted by atomic mass is 10.1. The third-order valence-electron chi connectivity index (χ3n) is 2.08. The molecular weight excluding hydrogens is 170 g/mol. The maximum Gasteiger partial charge on any atom is 0.126 e. The van der Waals surface area contributed by atoms with E-state index in [1.807, 2.05) is 0 Å². The smallest absolute Gasteiger partial charge is 0.126 e. The van der Waals surface area contributed by atoms with Gasteiger partial charge in [0.05, 0.1) is 0 Å². The maximum atomic E-state index is 13.1. The predicted octanol–water partition coefficient (Wildman–Crippen LogP) is 3.43. The van der Waals surface area contributed by atoms with Crippen LogP contribution in [0.5, 0.6) is 0 Å². The van der Waals surface area contributed by atoms with Gasteiger partial charge in [-0.05, 0) is 47.5 Å². The lowest BCUT2D eigenvalue weighted by molar-refractivity contribution is 0.619. The molecule has 66 valence electrons. The molecule has 2 heteroatoms. The second kappa shape index (κ2) is 2.80. The van der Waals surface area contributed by atoms with E-state index in [2.05, 4.69) is 0 Å². The molecule has 0 aliphatic carbocycles. The van der Waals surface area contributed by atoms with Crippen molar-refractivity contribution in [3.8, 4) is 0 Å². The van der Waals surface area contributed by atoms with Crippen molar-refractivity contribution in [2.45, 2.75) is 6.92 Å². The molecule has 0 heterocycles. The molecule has 2 rings (SSSR count). The number of aryl methyl sites for hydroxylation is 1. The highest BCUT2D eigenvalue weighted by molar-refractivity contribution is 5.83. The van der Waals surface area contributed by atoms with Crippen molar-refractivity contribution in [3.05, 3.63) is 47.5 Å². The second-order valence-electron chi connectivity index (χ2n) is 3.09. The summed E-state index contributed by atoms with van der Waals surface area (Å²) in [6.45, 7) is 1.67. The summed E-state index contributed by atoms with van der Waals surface area (Å²) < 4.78 is 25.8. The van der Waals surface area contributed by atoms with Gasteiger partial charge in [-0.2, -0.15) is 0 Å². The van der Waals surface area contributed by atoms with Gasteiger partial charge in [0, 0.05) is 0 Å². The summed E-state index contributed by atoms with van der Waals surface area (Å²) in [7, 11) is 0. The summed E-state index contributed by atoms with van der Waals surface area (Å²) in [5, 5.41) is 1.46. The summed E-state index contributed by atoms with van der Waals surface area (Å²) in [6, 6.07) is 7.38. The Morgan fingerprint density at radius 2 is 1.69 bits per heavy atom. The Balaban J connectivity index is 2.81. The van der Waals surface area contributed by atoms with Crippen LogP contribution in [0.1, 0.15) is 5.56 Å². The molecule has 13 heavy (non-hydrogen) atoms. The van der Waals surface area contributed by atoms with Crippen molar-refractivity contribution in [2.24, 2.45) is 0 Å². The van der Waals surface area contributed by atoms with Crippen LogP contribution in [0.4, 0.5) is 8.78 Å². The first-order valence-corrected chi connectivity index (χ1v) is 4.02. The summed E-state index contributed by atoms with van der Waals surface area (Å²) in [5.74, 6) is -0.544. The zero-order valence-electron chi connectivity index (χ0n) is 7.14. The van der Waals surface area contributed by atoms with Crippen molar-refractivity contribution >= 4 is 10.8 Å². The van der Waals surface area contributed by atoms with Crippen molar-refractivity contribution in [1.29, 1.82) is 0 Å². The lowest BCUT2D eigenvalue weighted by Gasteiger charge is -2.00. The van der Waals surface area contributed by atoms with Gasteiger partial charge < -0.3 is 0 Å². The van der Waals surface area contributed by atoms with E-state index in [0.717, 1.165) is 10.8 Å². The van der Waals surface area contributed by atoms with Gasteiger partial charge in [0.15, 0.2) is 0 Å². The summed E-state index contributed by atoms with van der Waals surface area (Å²) in [4.78, 5) is 0. The van der Waals surface area contributed by atoms with E-state index in [4.69, 9.17) is 0 Å². The monoisotopic (exact) mass is 178 g/mol. The first kappa shape index (κ1) is 8.17. The van der Waals surface area contributed by atoms with Crippen LogP contribution in [-0.4, -0.2) is 0 Å². The van der Waals surface area contributed by atoms with E-state index < -0.39 is 0 Å². The first-order valence-electron chi connectivity index (χ1n) is 4.02. The quantitative estimate of drug-likeness (QED) is 0.579. The van der Waals surface area contributed by atoms with Gasteiger partial charge in [-0.3, -0.25) is 0 Å². The van der Waals surface area contributed by atoms with Gasteiger partial charge in [0.2, 0.25) is 0 Å². The van der Waals surface area contributed by atoms with Gasteiger partial charge in [-0.1, -0.05) is 6.07 Å². The molecule has 0 aliphatic heterocycles. The van der Waals surface area contributed by atoms with E-state index in [9.17, 15) is 8.78 Å². The third kappa shape index (κ3) is 1.39. The predicted molar refractivity (Wildman–Crippen MR) is 48.6 cm³/mol. The van der Waals surface area contributed by atoms with Crippen LogP contribution < -0.4 is 0 Å². The average molecular weight is 178 g/mol. The van der Waals surface area contributed by atoms with E-state index in [1.54, 1.807) is 19.1 Å². The lowest BCUT2D eigenvalue weighted by Crippen LogP contribution is -1.83. The van der Waals surface area contributed by atoms with Crippen molar-refractivity contribution < 1.29 is 8.78 Å². The summed E-state index contributed by atoms with van der Waals surface area (Å²) in [6.07, 6.45) is 0. The number of hydrogen-bond donors (Lipinski definition) is 0. The fourth-order valence-corrected chi connectivity index (χ4v) is 1.35. The van der Waals surface area contributed by atoms with Crippen LogP contribution in [0.3, 0.4) is 0 Å². The molecule has 0 bridgehead atoms. The molecule has 0 saturated carbocycles. The van der Waals surface area contributed by atoms with Crippen LogP contribution in [-0.2, 0) is 0 Å². The van der Waals surface area contributed by atoms with E-state index >= 15 is 0 Å². The Morgan fingerprint density at radius 3 is 2.46 bits per heavy atom. The van der Waals surface area contributed by atoms with E-state index in [1.165, 1.54) is 18.2 Å². The molecule has 0 radical (unpaired) electrons. The number of hydrogen-bond acceptors (Lipinski definition) is 0. The Kier molecular flexibility index (Phi) is 1.76. The summed E-state index contributed by atoms with van der Waals surface area (Å²) in [5.41, 5.74) is 0.540. The van der Waals surface area contributed by atoms with Gasteiger partial charge >= 0.3 is 0 Å². The molecule has 0 saturated heterocycles. The van der Waals surface area contributed by atoms with Crippen LogP contribution in [0.2, 0.25) is 0 Å². The SMILES string of the molecule is Cc1cc2cc(F)ccc2cc1F. The molecule has 0 aromatic heterocycles. The molecular formula is C11H8F2. The van der Waals surface area contributed by atoms with Gasteiger partial charge in [0.25, 0.3) is 0 Å². The molecule has 2 aromatic carbocycles.